The maximum atomic E-state index is 5.66. The van der Waals surface area contributed by atoms with Crippen LogP contribution in [0.15, 0.2) is 11.1 Å². The second kappa shape index (κ2) is 4.99. The largest absolute Gasteiger partial charge is 0.314 e. The molecule has 1 fully saturated rings. The van der Waals surface area contributed by atoms with Crippen LogP contribution in [-0.2, 0) is 0 Å². The van der Waals surface area contributed by atoms with Crippen LogP contribution in [0, 0.1) is 0 Å². The average molecular weight is 203 g/mol. The van der Waals surface area contributed by atoms with Gasteiger partial charge in [0.1, 0.15) is 0 Å². The van der Waals surface area contributed by atoms with Gasteiger partial charge in [-0.1, -0.05) is 11.6 Å². The van der Waals surface area contributed by atoms with Crippen molar-refractivity contribution in [3.63, 3.8) is 0 Å². The summed E-state index contributed by atoms with van der Waals surface area (Å²) in [5.41, 5.74) is 2.92. The highest BCUT2D eigenvalue weighted by Crippen LogP contribution is 2.12. The molecule has 0 saturated carbocycles. The fourth-order valence-corrected chi connectivity index (χ4v) is 1.87. The van der Waals surface area contributed by atoms with E-state index in [4.69, 9.17) is 11.6 Å². The smallest absolute Gasteiger partial charge is 0.0208 e. The van der Waals surface area contributed by atoms with Gasteiger partial charge in [-0.25, -0.2) is 0 Å². The van der Waals surface area contributed by atoms with Gasteiger partial charge in [0.05, 0.1) is 0 Å². The summed E-state index contributed by atoms with van der Waals surface area (Å²) in [7, 11) is 0. The summed E-state index contributed by atoms with van der Waals surface area (Å²) >= 11 is 5.66. The maximum absolute atomic E-state index is 5.66. The molecule has 0 aromatic carbocycles. The fraction of sp³-hybridized carbons (Fsp3) is 0.800. The van der Waals surface area contributed by atoms with Crippen LogP contribution in [0.1, 0.15) is 20.8 Å². The maximum Gasteiger partial charge on any atom is 0.0208 e. The Morgan fingerprint density at radius 2 is 2.00 bits per heavy atom. The summed E-state index contributed by atoms with van der Waals surface area (Å²) in [6, 6.07) is 1.21. The van der Waals surface area contributed by atoms with E-state index >= 15 is 0 Å². The molecule has 0 aliphatic carbocycles. The second-order valence-electron chi connectivity index (χ2n) is 3.98. The predicted octanol–water partition coefficient (Wildman–Crippen LogP) is 1.81. The molecule has 1 N–H and O–H groups in total. The van der Waals surface area contributed by atoms with Crippen molar-refractivity contribution in [3.8, 4) is 0 Å². The van der Waals surface area contributed by atoms with Crippen LogP contribution in [0.3, 0.4) is 0 Å². The minimum Gasteiger partial charge on any atom is -0.314 e. The van der Waals surface area contributed by atoms with Gasteiger partial charge < -0.3 is 5.32 Å². The molecule has 2 atom stereocenters. The number of rotatable bonds is 2. The minimum atomic E-state index is 0.607. The van der Waals surface area contributed by atoms with Crippen molar-refractivity contribution in [1.29, 1.82) is 0 Å². The van der Waals surface area contributed by atoms with E-state index in [1.165, 1.54) is 5.57 Å². The summed E-state index contributed by atoms with van der Waals surface area (Å²) in [5, 5.41) is 3.41. The molecule has 76 valence electrons. The van der Waals surface area contributed by atoms with Gasteiger partial charge in [0.15, 0.2) is 0 Å². The van der Waals surface area contributed by atoms with Crippen LogP contribution in [-0.4, -0.2) is 36.6 Å². The van der Waals surface area contributed by atoms with E-state index in [9.17, 15) is 0 Å². The normalized spacial score (nSPS) is 32.2. The SMILES string of the molecule is C/C(=C\Cl)CN1C(C)CNCC1C. The van der Waals surface area contributed by atoms with Crippen LogP contribution in [0.2, 0.25) is 0 Å². The molecule has 0 aromatic rings. The van der Waals surface area contributed by atoms with Crippen LogP contribution < -0.4 is 5.32 Å². The number of nitrogens with zero attached hydrogens (tertiary/aromatic N) is 1. The monoisotopic (exact) mass is 202 g/mol. The van der Waals surface area contributed by atoms with E-state index in [0.29, 0.717) is 12.1 Å². The minimum absolute atomic E-state index is 0.607. The first-order valence-corrected chi connectivity index (χ1v) is 5.31. The van der Waals surface area contributed by atoms with Gasteiger partial charge in [-0.2, -0.15) is 0 Å². The Kier molecular flexibility index (Phi) is 4.23. The number of halogens is 1. The third kappa shape index (κ3) is 2.97. The molecule has 0 amide bonds. The van der Waals surface area contributed by atoms with Crippen LogP contribution in [0.25, 0.3) is 0 Å². The van der Waals surface area contributed by atoms with E-state index in [1.54, 1.807) is 5.54 Å². The standard InChI is InChI=1S/C10H19ClN2/c1-8(4-11)7-13-9(2)5-12-6-10(13)3/h4,9-10,12H,5-7H2,1-3H3/b8-4+. The topological polar surface area (TPSA) is 15.3 Å². The van der Waals surface area contributed by atoms with Crippen molar-refractivity contribution in [2.75, 3.05) is 19.6 Å². The van der Waals surface area contributed by atoms with Gasteiger partial charge in [0.2, 0.25) is 0 Å². The molecule has 1 heterocycles. The van der Waals surface area contributed by atoms with Crippen LogP contribution >= 0.6 is 11.6 Å². The molecule has 3 heteroatoms. The molecule has 2 nitrogen and oxygen atoms in total. The zero-order valence-corrected chi connectivity index (χ0v) is 9.43. The molecule has 0 aromatic heterocycles. The second-order valence-corrected chi connectivity index (χ2v) is 4.20. The fourth-order valence-electron chi connectivity index (χ4n) is 1.80. The lowest BCUT2D eigenvalue weighted by Gasteiger charge is -2.39. The van der Waals surface area contributed by atoms with Gasteiger partial charge >= 0.3 is 0 Å². The van der Waals surface area contributed by atoms with E-state index in [2.05, 4.69) is 31.0 Å². The van der Waals surface area contributed by atoms with Crippen molar-refractivity contribution in [1.82, 2.24) is 10.2 Å². The van der Waals surface area contributed by atoms with Crippen molar-refractivity contribution in [2.45, 2.75) is 32.9 Å². The molecule has 0 bridgehead atoms. The molecule has 13 heavy (non-hydrogen) atoms. The molecule has 2 unspecified atom stereocenters. The van der Waals surface area contributed by atoms with Crippen LogP contribution in [0.4, 0.5) is 0 Å². The number of nitrogens with one attached hydrogen (secondary N) is 1. The third-order valence-electron chi connectivity index (χ3n) is 2.63. The van der Waals surface area contributed by atoms with E-state index < -0.39 is 0 Å². The predicted molar refractivity (Wildman–Crippen MR) is 58.1 cm³/mol. The Morgan fingerprint density at radius 1 is 1.46 bits per heavy atom. The molecule has 1 rings (SSSR count). The molecular weight excluding hydrogens is 184 g/mol. The zero-order chi connectivity index (χ0) is 9.84. The van der Waals surface area contributed by atoms with Gasteiger partial charge in [0.25, 0.3) is 0 Å². The number of piperazine rings is 1. The Bertz CT molecular complexity index is 181. The van der Waals surface area contributed by atoms with Crippen LogP contribution in [0.5, 0.6) is 0 Å². The number of hydrogen-bond acceptors (Lipinski definition) is 2. The molecule has 1 aliphatic rings. The molecule has 0 spiro atoms. The Labute approximate surface area is 85.9 Å². The first-order valence-electron chi connectivity index (χ1n) is 4.87. The van der Waals surface area contributed by atoms with Crippen molar-refractivity contribution < 1.29 is 0 Å². The summed E-state index contributed by atoms with van der Waals surface area (Å²) in [6.07, 6.45) is 0. The van der Waals surface area contributed by atoms with E-state index in [-0.39, 0.29) is 0 Å². The average Bonchev–Trinajstić information content (AvgIpc) is 2.11. The first kappa shape index (κ1) is 11.0. The lowest BCUT2D eigenvalue weighted by atomic mass is 10.1. The Morgan fingerprint density at radius 3 is 2.46 bits per heavy atom. The molecule has 0 radical (unpaired) electrons. The summed E-state index contributed by atoms with van der Waals surface area (Å²) in [6.45, 7) is 9.75. The van der Waals surface area contributed by atoms with E-state index in [0.717, 1.165) is 19.6 Å². The summed E-state index contributed by atoms with van der Waals surface area (Å²) < 4.78 is 0. The molecular formula is C10H19ClN2. The summed E-state index contributed by atoms with van der Waals surface area (Å²) in [4.78, 5) is 2.49. The Balaban J connectivity index is 2.53. The lowest BCUT2D eigenvalue weighted by Crippen LogP contribution is -2.55. The third-order valence-corrected chi connectivity index (χ3v) is 3.00. The van der Waals surface area contributed by atoms with Crippen molar-refractivity contribution in [2.24, 2.45) is 0 Å². The molecule has 1 aliphatic heterocycles. The van der Waals surface area contributed by atoms with Gasteiger partial charge in [-0.15, -0.1) is 0 Å². The van der Waals surface area contributed by atoms with Crippen molar-refractivity contribution in [3.05, 3.63) is 11.1 Å². The highest BCUT2D eigenvalue weighted by atomic mass is 35.5. The van der Waals surface area contributed by atoms with Gasteiger partial charge in [-0.3, -0.25) is 4.90 Å². The lowest BCUT2D eigenvalue weighted by molar-refractivity contribution is 0.129. The Hall–Kier alpha value is -0.0500. The zero-order valence-electron chi connectivity index (χ0n) is 8.68. The highest BCUT2D eigenvalue weighted by Gasteiger charge is 2.23. The van der Waals surface area contributed by atoms with Gasteiger partial charge in [0, 0.05) is 37.3 Å². The quantitative estimate of drug-likeness (QED) is 0.735. The summed E-state index contributed by atoms with van der Waals surface area (Å²) in [5.74, 6) is 0. The van der Waals surface area contributed by atoms with E-state index in [1.807, 2.05) is 0 Å². The molecule has 1 saturated heterocycles. The van der Waals surface area contributed by atoms with Crippen molar-refractivity contribution >= 4 is 11.6 Å². The first-order chi connectivity index (χ1) is 6.15. The van der Waals surface area contributed by atoms with Gasteiger partial charge in [-0.05, 0) is 26.3 Å². The highest BCUT2D eigenvalue weighted by molar-refractivity contribution is 6.25. The number of hydrogen-bond donors (Lipinski definition) is 1.